The number of halogens is 2. The fourth-order valence-electron chi connectivity index (χ4n) is 1.27. The van der Waals surface area contributed by atoms with Crippen molar-refractivity contribution in [1.29, 1.82) is 0 Å². The van der Waals surface area contributed by atoms with Crippen molar-refractivity contribution < 1.29 is 18.7 Å². The Labute approximate surface area is 107 Å². The van der Waals surface area contributed by atoms with E-state index in [0.717, 1.165) is 4.57 Å². The summed E-state index contributed by atoms with van der Waals surface area (Å²) in [5.74, 6) is -0.754. The summed E-state index contributed by atoms with van der Waals surface area (Å²) < 4.78 is 25.1. The van der Waals surface area contributed by atoms with Gasteiger partial charge in [0.2, 0.25) is 0 Å². The van der Waals surface area contributed by atoms with E-state index in [4.69, 9.17) is 10.8 Å². The zero-order chi connectivity index (χ0) is 13.9. The van der Waals surface area contributed by atoms with Gasteiger partial charge in [-0.05, 0) is 13.8 Å². The monoisotopic (exact) mass is 279 g/mol. The Balaban J connectivity index is 2.70. The van der Waals surface area contributed by atoms with Gasteiger partial charge < -0.3 is 10.8 Å². The number of carboxylic acid groups (broad SMARTS) is 1. The van der Waals surface area contributed by atoms with Gasteiger partial charge in [-0.15, -0.1) is 11.8 Å². The first-order valence-corrected chi connectivity index (χ1v) is 6.16. The minimum atomic E-state index is -2.65. The van der Waals surface area contributed by atoms with Crippen LogP contribution in [0.5, 0.6) is 0 Å². The van der Waals surface area contributed by atoms with Crippen molar-refractivity contribution in [3.8, 4) is 0 Å². The molecular formula is C10H15F2N3O2S. The maximum Gasteiger partial charge on any atom is 0.321 e. The van der Waals surface area contributed by atoms with Gasteiger partial charge in [-0.1, -0.05) is 0 Å². The number of nitrogens with zero attached hydrogens (tertiary/aromatic N) is 2. The van der Waals surface area contributed by atoms with Gasteiger partial charge in [-0.25, -0.2) is 4.98 Å². The molecule has 1 heterocycles. The predicted molar refractivity (Wildman–Crippen MR) is 64.5 cm³/mol. The quantitative estimate of drug-likeness (QED) is 0.828. The Morgan fingerprint density at radius 2 is 2.28 bits per heavy atom. The van der Waals surface area contributed by atoms with E-state index in [2.05, 4.69) is 4.98 Å². The number of nitrogens with two attached hydrogens (primary N) is 1. The zero-order valence-electron chi connectivity index (χ0n) is 10.0. The van der Waals surface area contributed by atoms with Gasteiger partial charge in [0.1, 0.15) is 11.9 Å². The number of aromatic nitrogens is 2. The molecule has 0 radical (unpaired) electrons. The van der Waals surface area contributed by atoms with Crippen LogP contribution in [0.2, 0.25) is 0 Å². The van der Waals surface area contributed by atoms with Crippen LogP contribution in [0.3, 0.4) is 0 Å². The number of aliphatic carboxylic acids is 1. The third-order valence-corrected chi connectivity index (χ3v) is 3.95. The highest BCUT2D eigenvalue weighted by atomic mass is 32.2. The van der Waals surface area contributed by atoms with Gasteiger partial charge in [0, 0.05) is 17.1 Å². The summed E-state index contributed by atoms with van der Waals surface area (Å²) in [6, 6.07) is -1.07. The number of imidazole rings is 1. The summed E-state index contributed by atoms with van der Waals surface area (Å²) in [4.78, 5) is 14.6. The van der Waals surface area contributed by atoms with E-state index in [1.165, 1.54) is 24.2 Å². The van der Waals surface area contributed by atoms with Crippen LogP contribution >= 0.6 is 11.8 Å². The highest BCUT2D eigenvalue weighted by molar-refractivity contribution is 7.99. The number of rotatable bonds is 6. The van der Waals surface area contributed by atoms with Gasteiger partial charge in [0.25, 0.3) is 0 Å². The van der Waals surface area contributed by atoms with Gasteiger partial charge in [-0.2, -0.15) is 8.78 Å². The molecule has 1 rings (SSSR count). The summed E-state index contributed by atoms with van der Waals surface area (Å²) in [6.07, 6.45) is 2.47. The first-order chi connectivity index (χ1) is 8.25. The highest BCUT2D eigenvalue weighted by Crippen LogP contribution is 2.31. The van der Waals surface area contributed by atoms with Crippen LogP contribution in [0, 0.1) is 0 Å². The van der Waals surface area contributed by atoms with E-state index >= 15 is 0 Å². The van der Waals surface area contributed by atoms with E-state index in [9.17, 15) is 13.6 Å². The van der Waals surface area contributed by atoms with Crippen molar-refractivity contribution in [3.63, 3.8) is 0 Å². The van der Waals surface area contributed by atoms with Gasteiger partial charge >= 0.3 is 12.5 Å². The Bertz CT molecular complexity index is 423. The van der Waals surface area contributed by atoms with Crippen molar-refractivity contribution in [2.45, 2.75) is 36.9 Å². The lowest BCUT2D eigenvalue weighted by Gasteiger charge is -2.27. The predicted octanol–water partition coefficient (Wildman–Crippen LogP) is 1.70. The van der Waals surface area contributed by atoms with Crippen LogP contribution in [0.1, 0.15) is 26.2 Å². The molecule has 18 heavy (non-hydrogen) atoms. The highest BCUT2D eigenvalue weighted by Gasteiger charge is 2.33. The minimum absolute atomic E-state index is 0.172. The standard InChI is InChI=1S/C10H15F2N3O2S/c1-10(2,7(13)8(16)17)18-5-6-14-3-4-15(6)9(11)12/h3-4,7,9H,5,13H2,1-2H3,(H,16,17)/t7-/m1/s1. The molecule has 0 aliphatic heterocycles. The fourth-order valence-corrected chi connectivity index (χ4v) is 2.28. The van der Waals surface area contributed by atoms with Crippen LogP contribution in [0.25, 0.3) is 0 Å². The molecular weight excluding hydrogens is 264 g/mol. The van der Waals surface area contributed by atoms with Crippen molar-refractivity contribution in [3.05, 3.63) is 18.2 Å². The smallest absolute Gasteiger partial charge is 0.321 e. The number of thioether (sulfide) groups is 1. The summed E-state index contributed by atoms with van der Waals surface area (Å²) in [7, 11) is 0. The third kappa shape index (κ3) is 3.42. The van der Waals surface area contributed by atoms with Crippen LogP contribution in [0.4, 0.5) is 8.78 Å². The molecule has 1 aromatic heterocycles. The van der Waals surface area contributed by atoms with Gasteiger partial charge in [-0.3, -0.25) is 9.36 Å². The first-order valence-electron chi connectivity index (χ1n) is 5.18. The molecule has 0 unspecified atom stereocenters. The lowest BCUT2D eigenvalue weighted by atomic mass is 10.1. The van der Waals surface area contributed by atoms with Crippen LogP contribution in [-0.4, -0.2) is 31.4 Å². The average Bonchev–Trinajstić information content (AvgIpc) is 2.73. The lowest BCUT2D eigenvalue weighted by Crippen LogP contribution is -2.46. The number of hydrogen-bond acceptors (Lipinski definition) is 4. The molecule has 0 fully saturated rings. The molecule has 102 valence electrons. The van der Waals surface area contributed by atoms with E-state index in [1.54, 1.807) is 13.8 Å². The molecule has 8 heteroatoms. The molecule has 0 aromatic carbocycles. The largest absolute Gasteiger partial charge is 0.480 e. The second kappa shape index (κ2) is 5.66. The maximum atomic E-state index is 12.6. The molecule has 0 aliphatic rings. The summed E-state index contributed by atoms with van der Waals surface area (Å²) >= 11 is 1.18. The number of hydrogen-bond donors (Lipinski definition) is 2. The first kappa shape index (κ1) is 14.9. The molecule has 0 aliphatic carbocycles. The van der Waals surface area contributed by atoms with Crippen LogP contribution in [0.15, 0.2) is 12.4 Å². The Morgan fingerprint density at radius 1 is 1.67 bits per heavy atom. The molecule has 0 amide bonds. The molecule has 0 saturated heterocycles. The van der Waals surface area contributed by atoms with Crippen LogP contribution in [-0.2, 0) is 10.5 Å². The van der Waals surface area contributed by atoms with Crippen molar-refractivity contribution in [1.82, 2.24) is 9.55 Å². The van der Waals surface area contributed by atoms with E-state index in [-0.39, 0.29) is 11.6 Å². The molecule has 1 aromatic rings. The van der Waals surface area contributed by atoms with Crippen molar-refractivity contribution >= 4 is 17.7 Å². The minimum Gasteiger partial charge on any atom is -0.480 e. The topological polar surface area (TPSA) is 81.1 Å². The molecule has 3 N–H and O–H groups in total. The second-order valence-corrected chi connectivity index (χ2v) is 5.87. The van der Waals surface area contributed by atoms with E-state index in [1.807, 2.05) is 0 Å². The van der Waals surface area contributed by atoms with Crippen molar-refractivity contribution in [2.24, 2.45) is 5.73 Å². The van der Waals surface area contributed by atoms with Gasteiger partial charge in [0.05, 0.1) is 5.75 Å². The van der Waals surface area contributed by atoms with E-state index in [0.29, 0.717) is 0 Å². The van der Waals surface area contributed by atoms with Crippen LogP contribution < -0.4 is 5.73 Å². The average molecular weight is 279 g/mol. The molecule has 5 nitrogen and oxygen atoms in total. The third-order valence-electron chi connectivity index (χ3n) is 2.55. The molecule has 0 spiro atoms. The molecule has 1 atom stereocenters. The summed E-state index contributed by atoms with van der Waals surface area (Å²) in [5, 5.41) is 8.84. The SMILES string of the molecule is CC(C)(SCc1nccn1C(F)F)[C@H](N)C(=O)O. The maximum absolute atomic E-state index is 12.6. The normalized spacial score (nSPS) is 13.9. The fraction of sp³-hybridized carbons (Fsp3) is 0.600. The molecule has 0 saturated carbocycles. The Morgan fingerprint density at radius 3 is 2.78 bits per heavy atom. The number of carbonyl (C=O) groups is 1. The Hall–Kier alpha value is -1.15. The number of carboxylic acids is 1. The van der Waals surface area contributed by atoms with E-state index < -0.39 is 23.3 Å². The summed E-state index contributed by atoms with van der Waals surface area (Å²) in [5.41, 5.74) is 5.54. The summed E-state index contributed by atoms with van der Waals surface area (Å²) in [6.45, 7) is 0.664. The number of alkyl halides is 2. The second-order valence-electron chi connectivity index (χ2n) is 4.24. The zero-order valence-corrected chi connectivity index (χ0v) is 10.8. The lowest BCUT2D eigenvalue weighted by molar-refractivity contribution is -0.139. The van der Waals surface area contributed by atoms with Gasteiger partial charge in [0.15, 0.2) is 0 Å². The Kier molecular flexibility index (Phi) is 4.69. The molecule has 0 bridgehead atoms. The van der Waals surface area contributed by atoms with Crippen molar-refractivity contribution in [2.75, 3.05) is 0 Å².